The number of thioether (sulfide) groups is 1. The summed E-state index contributed by atoms with van der Waals surface area (Å²) in [5, 5.41) is 0. The van der Waals surface area contributed by atoms with Gasteiger partial charge in [-0.15, -0.1) is 0 Å². The van der Waals surface area contributed by atoms with Crippen LogP contribution in [0.1, 0.15) is 39.0 Å². The molecule has 1 unspecified atom stereocenters. The number of hydrogen-bond donors (Lipinski definition) is 1. The largest absolute Gasteiger partial charge is 0.338 e. The van der Waals surface area contributed by atoms with Crippen LogP contribution in [-0.4, -0.2) is 41.4 Å². The first-order valence-corrected chi connectivity index (χ1v) is 7.65. The van der Waals surface area contributed by atoms with Gasteiger partial charge < -0.3 is 10.6 Å². The van der Waals surface area contributed by atoms with Gasteiger partial charge in [-0.05, 0) is 44.1 Å². The first kappa shape index (κ1) is 13.8. The lowest BCUT2D eigenvalue weighted by Crippen LogP contribution is -2.50. The Balaban J connectivity index is 2.49. The third-order valence-electron chi connectivity index (χ3n) is 3.33. The van der Waals surface area contributed by atoms with Gasteiger partial charge in [-0.1, -0.05) is 6.92 Å². The van der Waals surface area contributed by atoms with E-state index >= 15 is 0 Å². The standard InChI is InChI=1S/C12H24N2OS/c1-3-10-6-4-5-8-14(10)12(15)11(13)7-9-16-2/h10-11H,3-9,13H2,1-2H3/t10?,11-/m1/s1. The molecule has 1 aliphatic rings. The molecule has 0 bridgehead atoms. The second kappa shape index (κ2) is 7.17. The number of rotatable bonds is 5. The van der Waals surface area contributed by atoms with Crippen LogP contribution in [-0.2, 0) is 4.79 Å². The fourth-order valence-electron chi connectivity index (χ4n) is 2.30. The minimum Gasteiger partial charge on any atom is -0.338 e. The summed E-state index contributed by atoms with van der Waals surface area (Å²) < 4.78 is 0. The summed E-state index contributed by atoms with van der Waals surface area (Å²) in [6.45, 7) is 3.06. The van der Waals surface area contributed by atoms with Crippen LogP contribution in [0.3, 0.4) is 0 Å². The van der Waals surface area contributed by atoms with E-state index in [1.54, 1.807) is 11.8 Å². The maximum absolute atomic E-state index is 12.2. The van der Waals surface area contributed by atoms with E-state index in [0.29, 0.717) is 6.04 Å². The molecule has 0 aliphatic carbocycles. The highest BCUT2D eigenvalue weighted by atomic mass is 32.2. The Morgan fingerprint density at radius 3 is 2.94 bits per heavy atom. The third-order valence-corrected chi connectivity index (χ3v) is 3.98. The Labute approximate surface area is 103 Å². The number of likely N-dealkylation sites (tertiary alicyclic amines) is 1. The van der Waals surface area contributed by atoms with E-state index in [0.717, 1.165) is 38.0 Å². The Morgan fingerprint density at radius 1 is 1.56 bits per heavy atom. The molecule has 2 N–H and O–H groups in total. The monoisotopic (exact) mass is 244 g/mol. The summed E-state index contributed by atoms with van der Waals surface area (Å²) in [4.78, 5) is 14.2. The van der Waals surface area contributed by atoms with Crippen molar-refractivity contribution in [3.05, 3.63) is 0 Å². The van der Waals surface area contributed by atoms with Crippen molar-refractivity contribution in [2.75, 3.05) is 18.6 Å². The number of nitrogens with two attached hydrogens (primary N) is 1. The van der Waals surface area contributed by atoms with E-state index in [9.17, 15) is 4.79 Å². The van der Waals surface area contributed by atoms with Crippen LogP contribution in [0.15, 0.2) is 0 Å². The number of nitrogens with zero attached hydrogens (tertiary/aromatic N) is 1. The molecule has 94 valence electrons. The van der Waals surface area contributed by atoms with E-state index in [-0.39, 0.29) is 11.9 Å². The molecule has 1 saturated heterocycles. The van der Waals surface area contributed by atoms with Gasteiger partial charge in [0.15, 0.2) is 0 Å². The Hall–Kier alpha value is -0.220. The minimum absolute atomic E-state index is 0.167. The molecule has 1 rings (SSSR count). The number of hydrogen-bond acceptors (Lipinski definition) is 3. The summed E-state index contributed by atoms with van der Waals surface area (Å²) >= 11 is 1.75. The highest BCUT2D eigenvalue weighted by molar-refractivity contribution is 7.98. The molecule has 2 atom stereocenters. The maximum atomic E-state index is 12.2. The summed E-state index contributed by atoms with van der Waals surface area (Å²) in [5.74, 6) is 1.14. The molecule has 0 radical (unpaired) electrons. The minimum atomic E-state index is -0.292. The lowest BCUT2D eigenvalue weighted by Gasteiger charge is -2.36. The average molecular weight is 244 g/mol. The van der Waals surface area contributed by atoms with Gasteiger partial charge in [0.05, 0.1) is 6.04 Å². The van der Waals surface area contributed by atoms with Gasteiger partial charge in [-0.25, -0.2) is 0 Å². The SMILES string of the molecule is CCC1CCCCN1C(=O)[C@H](N)CCSC. The molecule has 1 aliphatic heterocycles. The summed E-state index contributed by atoms with van der Waals surface area (Å²) in [6, 6.07) is 0.140. The predicted molar refractivity (Wildman–Crippen MR) is 70.6 cm³/mol. The molecule has 1 fully saturated rings. The maximum Gasteiger partial charge on any atom is 0.239 e. The van der Waals surface area contributed by atoms with E-state index in [1.807, 2.05) is 11.2 Å². The molecule has 1 heterocycles. The fourth-order valence-corrected chi connectivity index (χ4v) is 2.79. The first-order chi connectivity index (χ1) is 7.70. The second-order valence-electron chi connectivity index (χ2n) is 4.48. The summed E-state index contributed by atoms with van der Waals surface area (Å²) in [7, 11) is 0. The lowest BCUT2D eigenvalue weighted by molar-refractivity contribution is -0.136. The molecule has 0 aromatic heterocycles. The van der Waals surface area contributed by atoms with Crippen molar-refractivity contribution >= 4 is 17.7 Å². The van der Waals surface area contributed by atoms with Crippen LogP contribution >= 0.6 is 11.8 Å². The predicted octanol–water partition coefficient (Wildman–Crippen LogP) is 1.86. The number of carbonyl (C=O) groups is 1. The van der Waals surface area contributed by atoms with Crippen molar-refractivity contribution in [2.24, 2.45) is 5.73 Å². The van der Waals surface area contributed by atoms with Crippen molar-refractivity contribution in [1.29, 1.82) is 0 Å². The highest BCUT2D eigenvalue weighted by Gasteiger charge is 2.28. The van der Waals surface area contributed by atoms with Gasteiger partial charge in [0.2, 0.25) is 5.91 Å². The quantitative estimate of drug-likeness (QED) is 0.803. The zero-order valence-electron chi connectivity index (χ0n) is 10.4. The fraction of sp³-hybridized carbons (Fsp3) is 0.917. The molecular formula is C12H24N2OS. The van der Waals surface area contributed by atoms with Crippen molar-refractivity contribution < 1.29 is 4.79 Å². The zero-order chi connectivity index (χ0) is 12.0. The number of piperidine rings is 1. The second-order valence-corrected chi connectivity index (χ2v) is 5.46. The summed E-state index contributed by atoms with van der Waals surface area (Å²) in [5.41, 5.74) is 5.95. The average Bonchev–Trinajstić information content (AvgIpc) is 2.34. The van der Waals surface area contributed by atoms with Crippen LogP contribution in [0.2, 0.25) is 0 Å². The van der Waals surface area contributed by atoms with Gasteiger partial charge in [0.1, 0.15) is 0 Å². The molecule has 0 spiro atoms. The Morgan fingerprint density at radius 2 is 2.31 bits per heavy atom. The van der Waals surface area contributed by atoms with Gasteiger partial charge in [0.25, 0.3) is 0 Å². The lowest BCUT2D eigenvalue weighted by atomic mass is 9.99. The van der Waals surface area contributed by atoms with Gasteiger partial charge in [0, 0.05) is 12.6 Å². The van der Waals surface area contributed by atoms with Gasteiger partial charge in [-0.2, -0.15) is 11.8 Å². The summed E-state index contributed by atoms with van der Waals surface area (Å²) in [6.07, 6.45) is 7.44. The molecule has 1 amide bonds. The zero-order valence-corrected chi connectivity index (χ0v) is 11.3. The van der Waals surface area contributed by atoms with Crippen LogP contribution < -0.4 is 5.73 Å². The number of amides is 1. The van der Waals surface area contributed by atoms with Crippen LogP contribution in [0.5, 0.6) is 0 Å². The molecule has 0 aromatic carbocycles. The van der Waals surface area contributed by atoms with E-state index < -0.39 is 0 Å². The molecule has 4 heteroatoms. The molecule has 0 aromatic rings. The Bertz CT molecular complexity index is 223. The van der Waals surface area contributed by atoms with E-state index in [4.69, 9.17) is 5.73 Å². The first-order valence-electron chi connectivity index (χ1n) is 6.25. The smallest absolute Gasteiger partial charge is 0.239 e. The van der Waals surface area contributed by atoms with E-state index in [2.05, 4.69) is 6.92 Å². The van der Waals surface area contributed by atoms with Crippen LogP contribution in [0.25, 0.3) is 0 Å². The van der Waals surface area contributed by atoms with Crippen LogP contribution in [0, 0.1) is 0 Å². The van der Waals surface area contributed by atoms with Gasteiger partial charge in [-0.3, -0.25) is 4.79 Å². The van der Waals surface area contributed by atoms with E-state index in [1.165, 1.54) is 6.42 Å². The normalized spacial score (nSPS) is 23.2. The highest BCUT2D eigenvalue weighted by Crippen LogP contribution is 2.20. The van der Waals surface area contributed by atoms with Crippen molar-refractivity contribution in [2.45, 2.75) is 51.1 Å². The molecule has 16 heavy (non-hydrogen) atoms. The van der Waals surface area contributed by atoms with Gasteiger partial charge >= 0.3 is 0 Å². The Kier molecular flexibility index (Phi) is 6.21. The van der Waals surface area contributed by atoms with Crippen molar-refractivity contribution in [3.8, 4) is 0 Å². The molecule has 0 saturated carbocycles. The van der Waals surface area contributed by atoms with Crippen LogP contribution in [0.4, 0.5) is 0 Å². The molecular weight excluding hydrogens is 220 g/mol. The third kappa shape index (κ3) is 3.67. The number of carbonyl (C=O) groups excluding carboxylic acids is 1. The van der Waals surface area contributed by atoms with Crippen molar-refractivity contribution in [1.82, 2.24) is 4.90 Å². The topological polar surface area (TPSA) is 46.3 Å². The molecule has 3 nitrogen and oxygen atoms in total. The van der Waals surface area contributed by atoms with Crippen molar-refractivity contribution in [3.63, 3.8) is 0 Å².